The Bertz CT molecular complexity index is 1150. The molecule has 61 heavy (non-hydrogen) atoms. The van der Waals surface area contributed by atoms with Crippen LogP contribution in [0.25, 0.3) is 0 Å². The first kappa shape index (κ1) is 59.2. The van der Waals surface area contributed by atoms with E-state index in [0.717, 1.165) is 89.9 Å². The molecule has 0 spiro atoms. The topological polar surface area (TPSA) is 114 Å². The minimum absolute atomic E-state index is 0.0254. The van der Waals surface area contributed by atoms with Crippen molar-refractivity contribution in [1.82, 2.24) is 5.32 Å². The van der Waals surface area contributed by atoms with Crippen LogP contribution in [0.5, 0.6) is 0 Å². The van der Waals surface area contributed by atoms with Crippen molar-refractivity contribution >= 4 is 19.7 Å². The number of phosphoric acid groups is 1. The molecule has 0 bridgehead atoms. The molecule has 0 fully saturated rings. The molecule has 10 heteroatoms. The molecule has 1 N–H and O–H groups in total. The number of phosphoric ester groups is 1. The number of carbonyl (C=O) groups is 2. The summed E-state index contributed by atoms with van der Waals surface area (Å²) in [4.78, 5) is 39.5. The summed E-state index contributed by atoms with van der Waals surface area (Å²) >= 11 is 0. The van der Waals surface area contributed by atoms with E-state index in [4.69, 9.17) is 13.8 Å². The Morgan fingerprint density at radius 2 is 0.967 bits per heavy atom. The number of nitrogens with zero attached hydrogens (tertiary/aromatic N) is 1. The second kappa shape index (κ2) is 42.2. The standard InChI is InChI=1S/C51H97N2O7P/c1-7-10-13-16-19-22-25-26-29-32-35-38-41-44-51(55)60-49(42-39-36-33-30-27-23-20-17-14-11-8-2)48(47-59-61(56,57)58-46-45-53(4,5)6)52-50(54)43-40-37-34-31-28-24-21-18-15-12-9-3/h18,21,26,29,39,42,48-49H,7-17,19-20,22-25,27-28,30-38,40-41,43-47H2,1-6H3,(H-,52,54,56,57)/b21-18-,29-26-,42-39+. The number of likely N-dealkylation sites (N-methyl/N-ethyl adjacent to an activating group) is 1. The summed E-state index contributed by atoms with van der Waals surface area (Å²) in [5.74, 6) is -0.572. The van der Waals surface area contributed by atoms with Gasteiger partial charge in [0.25, 0.3) is 7.82 Å². The van der Waals surface area contributed by atoms with Gasteiger partial charge in [0.1, 0.15) is 19.3 Å². The largest absolute Gasteiger partial charge is 0.756 e. The molecule has 0 heterocycles. The first-order valence-corrected chi connectivity index (χ1v) is 26.8. The highest BCUT2D eigenvalue weighted by molar-refractivity contribution is 7.45. The van der Waals surface area contributed by atoms with Crippen LogP contribution in [0.3, 0.4) is 0 Å². The van der Waals surface area contributed by atoms with E-state index in [9.17, 15) is 19.0 Å². The van der Waals surface area contributed by atoms with Gasteiger partial charge >= 0.3 is 5.97 Å². The Labute approximate surface area is 376 Å². The third-order valence-corrected chi connectivity index (χ3v) is 12.0. The van der Waals surface area contributed by atoms with Crippen LogP contribution in [0.1, 0.15) is 226 Å². The molecule has 0 aromatic rings. The summed E-state index contributed by atoms with van der Waals surface area (Å²) in [6.45, 7) is 6.75. The van der Waals surface area contributed by atoms with Crippen LogP contribution in [0, 0.1) is 0 Å². The van der Waals surface area contributed by atoms with Gasteiger partial charge in [-0.05, 0) is 76.7 Å². The molecule has 0 saturated carbocycles. The van der Waals surface area contributed by atoms with Gasteiger partial charge in [-0.1, -0.05) is 173 Å². The highest BCUT2D eigenvalue weighted by Crippen LogP contribution is 2.38. The van der Waals surface area contributed by atoms with Crippen molar-refractivity contribution in [2.75, 3.05) is 40.9 Å². The van der Waals surface area contributed by atoms with Gasteiger partial charge in [0.05, 0.1) is 33.8 Å². The lowest BCUT2D eigenvalue weighted by atomic mass is 10.1. The smallest absolute Gasteiger partial charge is 0.306 e. The zero-order chi connectivity index (χ0) is 45.1. The molecule has 9 nitrogen and oxygen atoms in total. The van der Waals surface area contributed by atoms with Crippen molar-refractivity contribution in [3.05, 3.63) is 36.5 Å². The van der Waals surface area contributed by atoms with Gasteiger partial charge in [0, 0.05) is 12.8 Å². The average Bonchev–Trinajstić information content (AvgIpc) is 3.21. The lowest BCUT2D eigenvalue weighted by Crippen LogP contribution is -2.47. The predicted octanol–water partition coefficient (Wildman–Crippen LogP) is 13.8. The third-order valence-electron chi connectivity index (χ3n) is 11.0. The van der Waals surface area contributed by atoms with Gasteiger partial charge in [-0.3, -0.25) is 14.2 Å². The number of unbranched alkanes of at least 4 members (excludes halogenated alkanes) is 25. The molecule has 1 amide bonds. The van der Waals surface area contributed by atoms with Crippen LogP contribution < -0.4 is 10.2 Å². The van der Waals surface area contributed by atoms with Crippen molar-refractivity contribution in [1.29, 1.82) is 0 Å². The zero-order valence-corrected chi connectivity index (χ0v) is 41.5. The predicted molar refractivity (Wildman–Crippen MR) is 256 cm³/mol. The van der Waals surface area contributed by atoms with E-state index in [1.54, 1.807) is 0 Å². The Hall–Kier alpha value is -1.77. The molecule has 0 rings (SSSR count). The van der Waals surface area contributed by atoms with Crippen molar-refractivity contribution in [3.8, 4) is 0 Å². The van der Waals surface area contributed by atoms with E-state index < -0.39 is 26.6 Å². The molecular formula is C51H97N2O7P. The van der Waals surface area contributed by atoms with E-state index in [1.807, 2.05) is 33.3 Å². The van der Waals surface area contributed by atoms with Crippen molar-refractivity contribution in [3.63, 3.8) is 0 Å². The fourth-order valence-electron chi connectivity index (χ4n) is 7.02. The number of rotatable bonds is 45. The number of nitrogens with one attached hydrogen (secondary N) is 1. The van der Waals surface area contributed by atoms with Crippen molar-refractivity contribution in [2.45, 2.75) is 238 Å². The highest BCUT2D eigenvalue weighted by atomic mass is 31.2. The van der Waals surface area contributed by atoms with Crippen LogP contribution in [-0.4, -0.2) is 69.4 Å². The average molecular weight is 881 g/mol. The Morgan fingerprint density at radius 3 is 1.46 bits per heavy atom. The van der Waals surface area contributed by atoms with Crippen molar-refractivity contribution in [2.24, 2.45) is 0 Å². The van der Waals surface area contributed by atoms with Gasteiger partial charge in [-0.2, -0.15) is 0 Å². The number of carbonyl (C=O) groups excluding carboxylic acids is 2. The summed E-state index contributed by atoms with van der Waals surface area (Å²) in [6, 6.07) is -0.892. The van der Waals surface area contributed by atoms with E-state index in [0.29, 0.717) is 23.9 Å². The maximum Gasteiger partial charge on any atom is 0.306 e. The quantitative estimate of drug-likeness (QED) is 0.0213. The number of ether oxygens (including phenoxy) is 1. The fourth-order valence-corrected chi connectivity index (χ4v) is 7.75. The molecule has 0 aliphatic rings. The molecule has 0 radical (unpaired) electrons. The molecule has 0 aliphatic heterocycles. The number of allylic oxidation sites excluding steroid dienone is 5. The molecule has 0 saturated heterocycles. The van der Waals surface area contributed by atoms with Gasteiger partial charge in [0.2, 0.25) is 5.91 Å². The summed E-state index contributed by atoms with van der Waals surface area (Å²) in [7, 11) is 1.17. The second-order valence-electron chi connectivity index (χ2n) is 18.3. The van der Waals surface area contributed by atoms with Gasteiger partial charge in [-0.25, -0.2) is 0 Å². The SMILES string of the molecule is CCCC/C=C\CCCCCCCC(=O)NC(COP(=O)([O-])OCC[N+](C)(C)C)C(/C=C/CCCCCCCCCCC)OC(=O)CCCCC/C=C\CCCCCCCC. The Morgan fingerprint density at radius 1 is 0.557 bits per heavy atom. The van der Waals surface area contributed by atoms with E-state index in [-0.39, 0.29) is 24.9 Å². The molecule has 358 valence electrons. The van der Waals surface area contributed by atoms with Gasteiger partial charge in [-0.15, -0.1) is 0 Å². The summed E-state index contributed by atoms with van der Waals surface area (Å²) in [5.41, 5.74) is 0. The monoisotopic (exact) mass is 881 g/mol. The summed E-state index contributed by atoms with van der Waals surface area (Å²) < 4.78 is 30.0. The van der Waals surface area contributed by atoms with E-state index in [1.165, 1.54) is 96.3 Å². The number of hydrogen-bond acceptors (Lipinski definition) is 7. The Balaban J connectivity index is 5.48. The number of hydrogen-bond donors (Lipinski definition) is 1. The fraction of sp³-hybridized carbons (Fsp3) is 0.843. The van der Waals surface area contributed by atoms with Gasteiger partial charge in [0.15, 0.2) is 0 Å². The first-order valence-electron chi connectivity index (χ1n) is 25.3. The Kier molecular flexibility index (Phi) is 41.0. The molecule has 0 aromatic carbocycles. The number of esters is 1. The van der Waals surface area contributed by atoms with Crippen molar-refractivity contribution < 1.29 is 37.3 Å². The first-order chi connectivity index (χ1) is 29.4. The molecular weight excluding hydrogens is 784 g/mol. The van der Waals surface area contributed by atoms with Crippen LogP contribution in [0.2, 0.25) is 0 Å². The summed E-state index contributed by atoms with van der Waals surface area (Å²) in [5, 5.41) is 2.99. The maximum atomic E-state index is 13.4. The molecule has 3 unspecified atom stereocenters. The summed E-state index contributed by atoms with van der Waals surface area (Å²) in [6.07, 6.45) is 46.8. The third kappa shape index (κ3) is 43.3. The minimum atomic E-state index is -4.68. The number of quaternary nitrogens is 1. The van der Waals surface area contributed by atoms with E-state index in [2.05, 4.69) is 50.4 Å². The lowest BCUT2D eigenvalue weighted by molar-refractivity contribution is -0.870. The molecule has 0 aromatic heterocycles. The van der Waals surface area contributed by atoms with Gasteiger partial charge < -0.3 is 28.5 Å². The maximum absolute atomic E-state index is 13.4. The second-order valence-corrected chi connectivity index (χ2v) is 19.7. The van der Waals surface area contributed by atoms with Crippen LogP contribution in [0.4, 0.5) is 0 Å². The highest BCUT2D eigenvalue weighted by Gasteiger charge is 2.27. The van der Waals surface area contributed by atoms with Crippen LogP contribution in [-0.2, 0) is 27.9 Å². The normalized spacial score (nSPS) is 14.3. The van der Waals surface area contributed by atoms with Crippen LogP contribution >= 0.6 is 7.82 Å². The molecule has 0 aliphatic carbocycles. The molecule has 3 atom stereocenters. The minimum Gasteiger partial charge on any atom is -0.756 e. The van der Waals surface area contributed by atoms with Crippen LogP contribution in [0.15, 0.2) is 36.5 Å². The number of amides is 1. The zero-order valence-electron chi connectivity index (χ0n) is 40.6. The lowest BCUT2D eigenvalue weighted by Gasteiger charge is -2.30. The van der Waals surface area contributed by atoms with E-state index >= 15 is 0 Å².